The quantitative estimate of drug-likeness (QED) is 0.926. The second kappa shape index (κ2) is 6.12. The van der Waals surface area contributed by atoms with E-state index >= 15 is 0 Å². The van der Waals surface area contributed by atoms with Gasteiger partial charge in [0.2, 0.25) is 0 Å². The van der Waals surface area contributed by atoms with Crippen LogP contribution < -0.4 is 10.2 Å². The normalized spacial score (nSPS) is 15.4. The van der Waals surface area contributed by atoms with Gasteiger partial charge in [-0.2, -0.15) is 0 Å². The van der Waals surface area contributed by atoms with Crippen molar-refractivity contribution >= 4 is 32.7 Å². The molecule has 2 aromatic rings. The van der Waals surface area contributed by atoms with Crippen molar-refractivity contribution in [2.24, 2.45) is 0 Å². The first kappa shape index (κ1) is 15.1. The number of carbonyl (C=O) groups is 1. The molecule has 118 valence electrons. The van der Waals surface area contributed by atoms with Crippen LogP contribution in [0.4, 0.5) is 9.93 Å². The van der Waals surface area contributed by atoms with Gasteiger partial charge in [0.05, 0.1) is 10.2 Å². The summed E-state index contributed by atoms with van der Waals surface area (Å²) < 4.78 is 1.28. The van der Waals surface area contributed by atoms with Crippen molar-refractivity contribution in [3.05, 3.63) is 23.3 Å². The Bertz CT molecular complexity index is 650. The lowest BCUT2D eigenvalue weighted by molar-refractivity contribution is 0.195. The van der Waals surface area contributed by atoms with E-state index in [1.807, 2.05) is 11.8 Å². The number of fused-ring (bicyclic) bond motifs is 1. The largest absolute Gasteiger partial charge is 0.345 e. The second-order valence-corrected chi connectivity index (χ2v) is 6.66. The van der Waals surface area contributed by atoms with E-state index in [0.29, 0.717) is 6.54 Å². The number of urea groups is 1. The molecule has 1 aliphatic heterocycles. The van der Waals surface area contributed by atoms with Gasteiger partial charge in [0.15, 0.2) is 5.13 Å². The van der Waals surface area contributed by atoms with Crippen LogP contribution in [0, 0.1) is 13.8 Å². The van der Waals surface area contributed by atoms with Gasteiger partial charge in [0, 0.05) is 32.7 Å². The Morgan fingerprint density at radius 3 is 2.55 bits per heavy atom. The Morgan fingerprint density at radius 1 is 1.23 bits per heavy atom. The maximum atomic E-state index is 11.9. The van der Waals surface area contributed by atoms with Crippen LogP contribution >= 0.6 is 11.3 Å². The minimum Gasteiger partial charge on any atom is -0.345 e. The lowest BCUT2D eigenvalue weighted by atomic mass is 10.1. The van der Waals surface area contributed by atoms with Crippen molar-refractivity contribution in [1.29, 1.82) is 0 Å². The molecule has 0 radical (unpaired) electrons. The number of thiazole rings is 1. The molecule has 1 fully saturated rings. The predicted molar refractivity (Wildman–Crippen MR) is 92.0 cm³/mol. The molecule has 1 saturated heterocycles. The topological polar surface area (TPSA) is 48.5 Å². The van der Waals surface area contributed by atoms with E-state index in [-0.39, 0.29) is 6.03 Å². The fraction of sp³-hybridized carbons (Fsp3) is 0.500. The molecule has 0 aliphatic carbocycles. The van der Waals surface area contributed by atoms with Crippen molar-refractivity contribution in [2.75, 3.05) is 37.6 Å². The zero-order chi connectivity index (χ0) is 15.7. The highest BCUT2D eigenvalue weighted by Gasteiger charge is 2.23. The van der Waals surface area contributed by atoms with Gasteiger partial charge in [-0.3, -0.25) is 0 Å². The van der Waals surface area contributed by atoms with E-state index in [9.17, 15) is 4.79 Å². The van der Waals surface area contributed by atoms with Crippen molar-refractivity contribution in [3.63, 3.8) is 0 Å². The van der Waals surface area contributed by atoms with Gasteiger partial charge >= 0.3 is 6.03 Å². The first-order valence-corrected chi connectivity index (χ1v) is 8.56. The third-order valence-corrected chi connectivity index (χ3v) is 5.35. The summed E-state index contributed by atoms with van der Waals surface area (Å²) in [5.74, 6) is 0. The molecular weight excluding hydrogens is 296 g/mol. The number of benzene rings is 1. The van der Waals surface area contributed by atoms with Crippen LogP contribution in [0.5, 0.6) is 0 Å². The number of carbonyl (C=O) groups excluding carboxylic acids is 1. The monoisotopic (exact) mass is 318 g/mol. The highest BCUT2D eigenvalue weighted by Crippen LogP contribution is 2.33. The highest BCUT2D eigenvalue weighted by molar-refractivity contribution is 7.22. The van der Waals surface area contributed by atoms with Crippen LogP contribution in [0.25, 0.3) is 10.2 Å². The molecule has 0 atom stereocenters. The van der Waals surface area contributed by atoms with E-state index in [4.69, 9.17) is 4.98 Å². The molecule has 0 bridgehead atoms. The molecule has 6 heteroatoms. The number of aromatic nitrogens is 1. The Kier molecular flexibility index (Phi) is 4.20. The Morgan fingerprint density at radius 2 is 1.91 bits per heavy atom. The summed E-state index contributed by atoms with van der Waals surface area (Å²) in [4.78, 5) is 20.9. The average molecular weight is 318 g/mol. The standard InChI is InChI=1S/C16H22N4OS/c1-4-17-15(21)19-7-9-20(10-8-19)16-18-13-11(2)5-6-12(3)14(13)22-16/h5-6H,4,7-10H2,1-3H3,(H,17,21). The number of hydrogen-bond acceptors (Lipinski definition) is 4. The molecule has 1 N–H and O–H groups in total. The third-order valence-electron chi connectivity index (χ3n) is 4.10. The Labute approximate surface area is 134 Å². The molecule has 5 nitrogen and oxygen atoms in total. The summed E-state index contributed by atoms with van der Waals surface area (Å²) in [6.45, 7) is 10.0. The SMILES string of the molecule is CCNC(=O)N1CCN(c2nc3c(C)ccc(C)c3s2)CC1. The number of nitrogens with one attached hydrogen (secondary N) is 1. The van der Waals surface area contributed by atoms with Crippen molar-refractivity contribution < 1.29 is 4.79 Å². The van der Waals surface area contributed by atoms with Gasteiger partial charge in [-0.15, -0.1) is 0 Å². The Hall–Kier alpha value is -1.82. The summed E-state index contributed by atoms with van der Waals surface area (Å²) in [6, 6.07) is 4.33. The first-order valence-electron chi connectivity index (χ1n) is 7.74. The molecule has 1 aromatic heterocycles. The minimum atomic E-state index is 0.0399. The summed E-state index contributed by atoms with van der Waals surface area (Å²) in [7, 11) is 0. The predicted octanol–water partition coefficient (Wildman–Crippen LogP) is 2.76. The molecule has 2 amide bonds. The molecule has 0 unspecified atom stereocenters. The van der Waals surface area contributed by atoms with Gasteiger partial charge in [-0.25, -0.2) is 9.78 Å². The number of amides is 2. The molecule has 2 heterocycles. The smallest absolute Gasteiger partial charge is 0.317 e. The summed E-state index contributed by atoms with van der Waals surface area (Å²) in [5, 5.41) is 3.93. The van der Waals surface area contributed by atoms with Gasteiger partial charge in [0.1, 0.15) is 0 Å². The molecule has 3 rings (SSSR count). The van der Waals surface area contributed by atoms with Gasteiger partial charge < -0.3 is 15.1 Å². The summed E-state index contributed by atoms with van der Waals surface area (Å²) in [5.41, 5.74) is 3.63. The summed E-state index contributed by atoms with van der Waals surface area (Å²) in [6.07, 6.45) is 0. The van der Waals surface area contributed by atoms with Gasteiger partial charge in [0.25, 0.3) is 0 Å². The van der Waals surface area contributed by atoms with Gasteiger partial charge in [-0.1, -0.05) is 23.5 Å². The molecule has 0 saturated carbocycles. The van der Waals surface area contributed by atoms with Crippen molar-refractivity contribution in [2.45, 2.75) is 20.8 Å². The van der Waals surface area contributed by atoms with Crippen LogP contribution in [-0.2, 0) is 0 Å². The maximum Gasteiger partial charge on any atom is 0.317 e. The molecular formula is C16H22N4OS. The maximum absolute atomic E-state index is 11.9. The van der Waals surface area contributed by atoms with Crippen LogP contribution in [0.3, 0.4) is 0 Å². The molecule has 0 spiro atoms. The van der Waals surface area contributed by atoms with Crippen LogP contribution in [0.1, 0.15) is 18.1 Å². The average Bonchev–Trinajstić information content (AvgIpc) is 2.98. The van der Waals surface area contributed by atoms with Crippen molar-refractivity contribution in [3.8, 4) is 0 Å². The van der Waals surface area contributed by atoms with E-state index in [0.717, 1.165) is 36.8 Å². The van der Waals surface area contributed by atoms with E-state index < -0.39 is 0 Å². The van der Waals surface area contributed by atoms with E-state index in [1.165, 1.54) is 15.8 Å². The zero-order valence-electron chi connectivity index (χ0n) is 13.3. The molecule has 1 aliphatic rings. The molecule has 22 heavy (non-hydrogen) atoms. The number of aryl methyl sites for hydroxylation is 2. The van der Waals surface area contributed by atoms with Crippen LogP contribution in [0.15, 0.2) is 12.1 Å². The summed E-state index contributed by atoms with van der Waals surface area (Å²) >= 11 is 1.76. The first-order chi connectivity index (χ1) is 10.6. The number of nitrogens with zero attached hydrogens (tertiary/aromatic N) is 3. The van der Waals surface area contributed by atoms with E-state index in [2.05, 4.69) is 36.2 Å². The van der Waals surface area contributed by atoms with Crippen molar-refractivity contribution in [1.82, 2.24) is 15.2 Å². The van der Waals surface area contributed by atoms with Crippen LogP contribution in [-0.4, -0.2) is 48.6 Å². The fourth-order valence-electron chi connectivity index (χ4n) is 2.75. The third kappa shape index (κ3) is 2.75. The lowest BCUT2D eigenvalue weighted by Crippen LogP contribution is -2.51. The van der Waals surface area contributed by atoms with E-state index in [1.54, 1.807) is 11.3 Å². The lowest BCUT2D eigenvalue weighted by Gasteiger charge is -2.34. The zero-order valence-corrected chi connectivity index (χ0v) is 14.2. The second-order valence-electron chi connectivity index (χ2n) is 5.68. The Balaban J connectivity index is 1.75. The number of piperazine rings is 1. The van der Waals surface area contributed by atoms with Crippen LogP contribution in [0.2, 0.25) is 0 Å². The minimum absolute atomic E-state index is 0.0399. The number of hydrogen-bond donors (Lipinski definition) is 1. The number of rotatable bonds is 2. The fourth-order valence-corrected chi connectivity index (χ4v) is 3.91. The molecule has 1 aromatic carbocycles. The number of anilines is 1. The highest BCUT2D eigenvalue weighted by atomic mass is 32.1. The van der Waals surface area contributed by atoms with Gasteiger partial charge in [-0.05, 0) is 31.9 Å².